The second-order valence-electron chi connectivity index (χ2n) is 6.10. The van der Waals surface area contributed by atoms with E-state index in [1.807, 2.05) is 0 Å². The molecule has 3 atom stereocenters. The molecule has 1 spiro atoms. The Labute approximate surface area is 111 Å². The Morgan fingerprint density at radius 1 is 1.28 bits per heavy atom. The van der Waals surface area contributed by atoms with Gasteiger partial charge in [-0.05, 0) is 25.2 Å². The third kappa shape index (κ3) is 3.69. The lowest BCUT2D eigenvalue weighted by Crippen LogP contribution is -2.45. The van der Waals surface area contributed by atoms with Crippen LogP contribution in [0.1, 0.15) is 58.3 Å². The molecule has 3 heteroatoms. The molecule has 0 radical (unpaired) electrons. The van der Waals surface area contributed by atoms with Crippen LogP contribution in [-0.4, -0.2) is 31.5 Å². The normalized spacial score (nSPS) is 34.0. The lowest BCUT2D eigenvalue weighted by Gasteiger charge is -2.39. The number of hydrogen-bond donors (Lipinski definition) is 1. The molecule has 0 amide bonds. The predicted molar refractivity (Wildman–Crippen MR) is 73.6 cm³/mol. The Balaban J connectivity index is 1.74. The molecule has 0 saturated carbocycles. The fourth-order valence-electron chi connectivity index (χ4n) is 3.34. The molecule has 0 aromatic heterocycles. The highest BCUT2D eigenvalue weighted by atomic mass is 16.6. The van der Waals surface area contributed by atoms with Crippen LogP contribution in [0, 0.1) is 5.92 Å². The maximum absolute atomic E-state index is 6.39. The van der Waals surface area contributed by atoms with Crippen molar-refractivity contribution >= 4 is 0 Å². The molecule has 2 aliphatic rings. The van der Waals surface area contributed by atoms with E-state index in [4.69, 9.17) is 15.2 Å². The van der Waals surface area contributed by atoms with Crippen LogP contribution in [0.25, 0.3) is 0 Å². The van der Waals surface area contributed by atoms with Crippen LogP contribution < -0.4 is 5.73 Å². The van der Waals surface area contributed by atoms with Gasteiger partial charge in [0, 0.05) is 25.7 Å². The molecule has 2 fully saturated rings. The fraction of sp³-hybridized carbons (Fsp3) is 1.00. The maximum Gasteiger partial charge on any atom is 0.0939 e. The van der Waals surface area contributed by atoms with Gasteiger partial charge in [-0.25, -0.2) is 0 Å². The molecule has 3 nitrogen and oxygen atoms in total. The summed E-state index contributed by atoms with van der Waals surface area (Å²) >= 11 is 0. The monoisotopic (exact) mass is 255 g/mol. The lowest BCUT2D eigenvalue weighted by atomic mass is 9.80. The van der Waals surface area contributed by atoms with Gasteiger partial charge in [-0.3, -0.25) is 0 Å². The quantitative estimate of drug-likeness (QED) is 0.742. The van der Waals surface area contributed by atoms with Crippen LogP contribution in [0.4, 0.5) is 0 Å². The van der Waals surface area contributed by atoms with Crippen molar-refractivity contribution in [3.63, 3.8) is 0 Å². The van der Waals surface area contributed by atoms with Crippen LogP contribution >= 0.6 is 0 Å². The summed E-state index contributed by atoms with van der Waals surface area (Å²) in [6.45, 7) is 4.77. The summed E-state index contributed by atoms with van der Waals surface area (Å²) in [7, 11) is 0. The minimum Gasteiger partial charge on any atom is -0.378 e. The van der Waals surface area contributed by atoms with Gasteiger partial charge in [0.2, 0.25) is 0 Å². The van der Waals surface area contributed by atoms with Crippen LogP contribution in [0.3, 0.4) is 0 Å². The first-order chi connectivity index (χ1) is 8.76. The molecule has 3 unspecified atom stereocenters. The molecular formula is C15H29NO2. The van der Waals surface area contributed by atoms with Crippen LogP contribution in [0.5, 0.6) is 0 Å². The van der Waals surface area contributed by atoms with Gasteiger partial charge >= 0.3 is 0 Å². The van der Waals surface area contributed by atoms with Gasteiger partial charge < -0.3 is 15.2 Å². The second kappa shape index (κ2) is 6.88. The fourth-order valence-corrected chi connectivity index (χ4v) is 3.34. The third-order valence-corrected chi connectivity index (χ3v) is 4.59. The smallest absolute Gasteiger partial charge is 0.0939 e. The van der Waals surface area contributed by atoms with E-state index in [1.165, 1.54) is 32.1 Å². The molecule has 106 valence electrons. The highest BCUT2D eigenvalue weighted by Gasteiger charge is 2.42. The van der Waals surface area contributed by atoms with E-state index in [-0.39, 0.29) is 5.60 Å². The van der Waals surface area contributed by atoms with Gasteiger partial charge in [0.1, 0.15) is 0 Å². The average molecular weight is 255 g/mol. The first kappa shape index (κ1) is 14.3. The van der Waals surface area contributed by atoms with E-state index >= 15 is 0 Å². The zero-order chi connectivity index (χ0) is 12.8. The molecule has 0 aromatic carbocycles. The third-order valence-electron chi connectivity index (χ3n) is 4.59. The highest BCUT2D eigenvalue weighted by molar-refractivity contribution is 4.92. The van der Waals surface area contributed by atoms with Crippen LogP contribution in [0.15, 0.2) is 0 Å². The zero-order valence-corrected chi connectivity index (χ0v) is 11.8. The van der Waals surface area contributed by atoms with Crippen molar-refractivity contribution in [3.05, 3.63) is 0 Å². The van der Waals surface area contributed by atoms with Crippen LogP contribution in [-0.2, 0) is 9.47 Å². The summed E-state index contributed by atoms with van der Waals surface area (Å²) in [6.07, 6.45) is 9.76. The predicted octanol–water partition coefficient (Wildman–Crippen LogP) is 2.87. The molecule has 2 rings (SSSR count). The van der Waals surface area contributed by atoms with Crippen molar-refractivity contribution in [1.29, 1.82) is 0 Å². The van der Waals surface area contributed by atoms with E-state index in [0.717, 1.165) is 39.1 Å². The van der Waals surface area contributed by atoms with E-state index in [9.17, 15) is 0 Å². The van der Waals surface area contributed by atoms with E-state index in [0.29, 0.717) is 12.0 Å². The lowest BCUT2D eigenvalue weighted by molar-refractivity contribution is -0.101. The average Bonchev–Trinajstić information content (AvgIpc) is 2.82. The molecule has 2 N–H and O–H groups in total. The molecule has 0 bridgehead atoms. The SMILES string of the molecule is CCCCCCC(N)C1CCOC2(CCOC2)C1. The van der Waals surface area contributed by atoms with Crippen molar-refractivity contribution < 1.29 is 9.47 Å². The Morgan fingerprint density at radius 2 is 2.17 bits per heavy atom. The van der Waals surface area contributed by atoms with Gasteiger partial charge in [-0.2, -0.15) is 0 Å². The van der Waals surface area contributed by atoms with Crippen molar-refractivity contribution in [2.75, 3.05) is 19.8 Å². The van der Waals surface area contributed by atoms with Gasteiger partial charge in [-0.15, -0.1) is 0 Å². The number of ether oxygens (including phenoxy) is 2. The first-order valence-corrected chi connectivity index (χ1v) is 7.73. The molecule has 2 heterocycles. The summed E-state index contributed by atoms with van der Waals surface area (Å²) in [5, 5.41) is 0. The summed E-state index contributed by atoms with van der Waals surface area (Å²) in [5.41, 5.74) is 6.40. The van der Waals surface area contributed by atoms with Crippen molar-refractivity contribution in [2.45, 2.75) is 69.9 Å². The summed E-state index contributed by atoms with van der Waals surface area (Å²) in [5.74, 6) is 0.641. The Morgan fingerprint density at radius 3 is 2.89 bits per heavy atom. The van der Waals surface area contributed by atoms with E-state index < -0.39 is 0 Å². The highest BCUT2D eigenvalue weighted by Crippen LogP contribution is 2.37. The molecule has 0 aliphatic carbocycles. The molecule has 2 aliphatic heterocycles. The number of unbranched alkanes of at least 4 members (excludes halogenated alkanes) is 3. The molecular weight excluding hydrogens is 226 g/mol. The first-order valence-electron chi connectivity index (χ1n) is 7.73. The Hall–Kier alpha value is -0.120. The van der Waals surface area contributed by atoms with Crippen molar-refractivity contribution in [3.8, 4) is 0 Å². The Kier molecular flexibility index (Phi) is 5.46. The minimum atomic E-state index is 0.0178. The van der Waals surface area contributed by atoms with Gasteiger partial charge in [0.15, 0.2) is 0 Å². The largest absolute Gasteiger partial charge is 0.378 e. The molecule has 0 aromatic rings. The van der Waals surface area contributed by atoms with E-state index in [2.05, 4.69) is 6.92 Å². The minimum absolute atomic E-state index is 0.0178. The maximum atomic E-state index is 6.39. The van der Waals surface area contributed by atoms with Crippen LogP contribution in [0.2, 0.25) is 0 Å². The van der Waals surface area contributed by atoms with Gasteiger partial charge in [0.25, 0.3) is 0 Å². The van der Waals surface area contributed by atoms with E-state index in [1.54, 1.807) is 0 Å². The topological polar surface area (TPSA) is 44.5 Å². The summed E-state index contributed by atoms with van der Waals surface area (Å²) in [4.78, 5) is 0. The van der Waals surface area contributed by atoms with Crippen molar-refractivity contribution in [2.24, 2.45) is 11.7 Å². The van der Waals surface area contributed by atoms with Crippen molar-refractivity contribution in [1.82, 2.24) is 0 Å². The summed E-state index contributed by atoms with van der Waals surface area (Å²) < 4.78 is 11.5. The standard InChI is InChI=1S/C15H29NO2/c1-2-3-4-5-6-14(16)13-7-9-18-15(11-13)8-10-17-12-15/h13-14H,2-12,16H2,1H3. The van der Waals surface area contributed by atoms with Gasteiger partial charge in [0.05, 0.1) is 12.2 Å². The molecule has 18 heavy (non-hydrogen) atoms. The second-order valence-corrected chi connectivity index (χ2v) is 6.10. The number of nitrogens with two attached hydrogens (primary N) is 1. The Bertz CT molecular complexity index is 239. The number of rotatable bonds is 6. The zero-order valence-electron chi connectivity index (χ0n) is 11.8. The molecule has 2 saturated heterocycles. The summed E-state index contributed by atoms with van der Waals surface area (Å²) in [6, 6.07) is 0.364. The number of hydrogen-bond acceptors (Lipinski definition) is 3. The van der Waals surface area contributed by atoms with Gasteiger partial charge in [-0.1, -0.05) is 32.6 Å².